The monoisotopic (exact) mass is 350 g/mol. The van der Waals surface area contributed by atoms with Gasteiger partial charge in [-0.3, -0.25) is 14.9 Å². The van der Waals surface area contributed by atoms with E-state index in [1.165, 1.54) is 18.2 Å². The van der Waals surface area contributed by atoms with Gasteiger partial charge in [-0.15, -0.1) is 0 Å². The molecule has 132 valence electrons. The smallest absolute Gasteiger partial charge is 0.282 e. The van der Waals surface area contributed by atoms with Crippen LogP contribution in [0.1, 0.15) is 27.3 Å². The molecule has 0 fully saturated rings. The number of carbonyl (C=O) groups is 1. The topological polar surface area (TPSA) is 90.1 Å². The maximum Gasteiger partial charge on any atom is 0.282 e. The molecule has 7 nitrogen and oxygen atoms in total. The number of para-hydroxylation sites is 1. The molecule has 1 heterocycles. The van der Waals surface area contributed by atoms with Crippen LogP contribution in [-0.4, -0.2) is 20.4 Å². The number of hydrogen-bond acceptors (Lipinski definition) is 4. The van der Waals surface area contributed by atoms with E-state index in [4.69, 9.17) is 0 Å². The highest BCUT2D eigenvalue weighted by atomic mass is 16.6. The summed E-state index contributed by atoms with van der Waals surface area (Å²) in [6.45, 7) is 2.93. The quantitative estimate of drug-likeness (QED) is 0.546. The Hall–Kier alpha value is -3.48. The first-order valence-electron chi connectivity index (χ1n) is 8.12. The second-order valence-corrected chi connectivity index (χ2v) is 5.88. The van der Waals surface area contributed by atoms with Gasteiger partial charge in [0.1, 0.15) is 11.4 Å². The van der Waals surface area contributed by atoms with Gasteiger partial charge in [-0.05, 0) is 24.1 Å². The van der Waals surface area contributed by atoms with Crippen LogP contribution in [0.2, 0.25) is 0 Å². The zero-order valence-corrected chi connectivity index (χ0v) is 14.3. The number of nitro benzene ring substituents is 1. The van der Waals surface area contributed by atoms with E-state index in [0.717, 1.165) is 17.0 Å². The Morgan fingerprint density at radius 3 is 2.69 bits per heavy atom. The fraction of sp³-hybridized carbons (Fsp3) is 0.158. The van der Waals surface area contributed by atoms with Gasteiger partial charge in [0.05, 0.1) is 4.92 Å². The van der Waals surface area contributed by atoms with Crippen LogP contribution in [0.25, 0.3) is 0 Å². The zero-order valence-electron chi connectivity index (χ0n) is 14.3. The summed E-state index contributed by atoms with van der Waals surface area (Å²) in [4.78, 5) is 27.0. The SMILES string of the molecule is Cc1nccn1Cc1cccc(CNC(=O)c2ccccc2[N+](=O)[O-])c1. The fourth-order valence-corrected chi connectivity index (χ4v) is 2.71. The number of nitrogens with zero attached hydrogens (tertiary/aromatic N) is 3. The molecule has 0 aliphatic rings. The molecule has 1 N–H and O–H groups in total. The number of rotatable bonds is 6. The van der Waals surface area contributed by atoms with E-state index in [0.29, 0.717) is 13.1 Å². The zero-order chi connectivity index (χ0) is 18.5. The van der Waals surface area contributed by atoms with Crippen molar-refractivity contribution in [2.75, 3.05) is 0 Å². The Morgan fingerprint density at radius 2 is 1.96 bits per heavy atom. The number of imidazole rings is 1. The lowest BCUT2D eigenvalue weighted by Gasteiger charge is -2.09. The van der Waals surface area contributed by atoms with Gasteiger partial charge in [0.15, 0.2) is 0 Å². The second-order valence-electron chi connectivity index (χ2n) is 5.88. The van der Waals surface area contributed by atoms with Crippen molar-refractivity contribution in [2.45, 2.75) is 20.0 Å². The van der Waals surface area contributed by atoms with Crippen LogP contribution < -0.4 is 5.32 Å². The summed E-state index contributed by atoms with van der Waals surface area (Å²) in [6, 6.07) is 13.8. The van der Waals surface area contributed by atoms with Crippen molar-refractivity contribution in [2.24, 2.45) is 0 Å². The molecule has 3 aromatic rings. The first kappa shape index (κ1) is 17.3. The molecule has 0 saturated heterocycles. The third-order valence-electron chi connectivity index (χ3n) is 4.07. The van der Waals surface area contributed by atoms with E-state index >= 15 is 0 Å². The molecule has 2 aromatic carbocycles. The molecule has 1 amide bonds. The van der Waals surface area contributed by atoms with Crippen molar-refractivity contribution in [1.29, 1.82) is 0 Å². The Labute approximate surface area is 150 Å². The Bertz CT molecular complexity index is 949. The van der Waals surface area contributed by atoms with Crippen molar-refractivity contribution in [3.63, 3.8) is 0 Å². The molecule has 0 spiro atoms. The molecule has 0 aliphatic carbocycles. The lowest BCUT2D eigenvalue weighted by molar-refractivity contribution is -0.385. The number of carbonyl (C=O) groups excluding carboxylic acids is 1. The highest BCUT2D eigenvalue weighted by Crippen LogP contribution is 2.17. The van der Waals surface area contributed by atoms with Gasteiger partial charge in [0.25, 0.3) is 11.6 Å². The standard InChI is InChI=1S/C19H18N4O3/c1-14-20-9-10-22(14)13-16-6-4-5-15(11-16)12-21-19(24)17-7-2-3-8-18(17)23(25)26/h2-11H,12-13H2,1H3,(H,21,24). The number of amides is 1. The number of nitro groups is 1. The van der Waals surface area contributed by atoms with Gasteiger partial charge in [-0.2, -0.15) is 0 Å². The molecule has 0 saturated carbocycles. The minimum atomic E-state index is -0.553. The molecule has 3 rings (SSSR count). The molecule has 26 heavy (non-hydrogen) atoms. The van der Waals surface area contributed by atoms with Gasteiger partial charge in [-0.25, -0.2) is 4.98 Å². The van der Waals surface area contributed by atoms with E-state index in [2.05, 4.69) is 10.3 Å². The van der Waals surface area contributed by atoms with Crippen LogP contribution in [0.3, 0.4) is 0 Å². The van der Waals surface area contributed by atoms with E-state index in [9.17, 15) is 14.9 Å². The summed E-state index contributed by atoms with van der Waals surface area (Å²) in [5.41, 5.74) is 1.87. The number of benzene rings is 2. The van der Waals surface area contributed by atoms with Crippen LogP contribution in [0, 0.1) is 17.0 Å². The average Bonchev–Trinajstić information content (AvgIpc) is 3.04. The first-order valence-corrected chi connectivity index (χ1v) is 8.12. The minimum Gasteiger partial charge on any atom is -0.348 e. The molecule has 0 aliphatic heterocycles. The van der Waals surface area contributed by atoms with Crippen LogP contribution >= 0.6 is 0 Å². The van der Waals surface area contributed by atoms with Crippen LogP contribution in [0.15, 0.2) is 60.9 Å². The third-order valence-corrected chi connectivity index (χ3v) is 4.07. The van der Waals surface area contributed by atoms with Crippen molar-refractivity contribution in [3.8, 4) is 0 Å². The summed E-state index contributed by atoms with van der Waals surface area (Å²) in [6.07, 6.45) is 3.67. The highest BCUT2D eigenvalue weighted by Gasteiger charge is 2.18. The van der Waals surface area contributed by atoms with Crippen molar-refractivity contribution < 1.29 is 9.72 Å². The number of hydrogen-bond donors (Lipinski definition) is 1. The summed E-state index contributed by atoms with van der Waals surface area (Å²) in [5, 5.41) is 13.8. The van der Waals surface area contributed by atoms with Crippen molar-refractivity contribution in [3.05, 3.63) is 93.6 Å². The van der Waals surface area contributed by atoms with Crippen LogP contribution in [-0.2, 0) is 13.1 Å². The van der Waals surface area contributed by atoms with Gasteiger partial charge in [0.2, 0.25) is 0 Å². The van der Waals surface area contributed by atoms with Gasteiger partial charge in [-0.1, -0.05) is 36.4 Å². The molecule has 0 bridgehead atoms. The maximum absolute atomic E-state index is 12.3. The number of aryl methyl sites for hydroxylation is 1. The molecule has 0 atom stereocenters. The molecular formula is C19H18N4O3. The minimum absolute atomic E-state index is 0.0581. The Balaban J connectivity index is 1.68. The van der Waals surface area contributed by atoms with Crippen LogP contribution in [0.4, 0.5) is 5.69 Å². The van der Waals surface area contributed by atoms with Gasteiger partial charge >= 0.3 is 0 Å². The lowest BCUT2D eigenvalue weighted by Crippen LogP contribution is -2.23. The number of aromatic nitrogens is 2. The van der Waals surface area contributed by atoms with Gasteiger partial charge < -0.3 is 9.88 Å². The van der Waals surface area contributed by atoms with Gasteiger partial charge in [0, 0.05) is 31.5 Å². The summed E-state index contributed by atoms with van der Waals surface area (Å²) >= 11 is 0. The Morgan fingerprint density at radius 1 is 1.19 bits per heavy atom. The average molecular weight is 350 g/mol. The summed E-state index contributed by atoms with van der Waals surface area (Å²) < 4.78 is 2.03. The Kier molecular flexibility index (Phi) is 5.07. The lowest BCUT2D eigenvalue weighted by atomic mass is 10.1. The van der Waals surface area contributed by atoms with E-state index in [1.807, 2.05) is 42.0 Å². The largest absolute Gasteiger partial charge is 0.348 e. The van der Waals surface area contributed by atoms with E-state index < -0.39 is 10.8 Å². The molecule has 0 unspecified atom stereocenters. The predicted octanol–water partition coefficient (Wildman–Crippen LogP) is 3.08. The third kappa shape index (κ3) is 3.94. The fourth-order valence-electron chi connectivity index (χ4n) is 2.71. The number of nitrogens with one attached hydrogen (secondary N) is 1. The molecular weight excluding hydrogens is 332 g/mol. The molecule has 7 heteroatoms. The van der Waals surface area contributed by atoms with E-state index in [-0.39, 0.29) is 11.3 Å². The maximum atomic E-state index is 12.3. The highest BCUT2D eigenvalue weighted by molar-refractivity contribution is 5.98. The van der Waals surface area contributed by atoms with E-state index in [1.54, 1.807) is 12.3 Å². The van der Waals surface area contributed by atoms with Crippen LogP contribution in [0.5, 0.6) is 0 Å². The predicted molar refractivity (Wildman–Crippen MR) is 96.8 cm³/mol. The summed E-state index contributed by atoms with van der Waals surface area (Å²) in [5.74, 6) is 0.466. The van der Waals surface area contributed by atoms with Crippen molar-refractivity contribution in [1.82, 2.24) is 14.9 Å². The first-order chi connectivity index (χ1) is 12.5. The molecule has 0 radical (unpaired) electrons. The summed E-state index contributed by atoms with van der Waals surface area (Å²) in [7, 11) is 0. The molecule has 1 aromatic heterocycles. The van der Waals surface area contributed by atoms with Crippen molar-refractivity contribution >= 4 is 11.6 Å². The normalized spacial score (nSPS) is 10.5. The second kappa shape index (κ2) is 7.60.